The maximum Gasteiger partial charge on any atom is 0.319 e. The maximum absolute atomic E-state index is 11.3. The Morgan fingerprint density at radius 1 is 1.38 bits per heavy atom. The van der Waals surface area contributed by atoms with Gasteiger partial charge in [0, 0.05) is 17.5 Å². The molecule has 0 aliphatic carbocycles. The average Bonchev–Trinajstić information content (AvgIpc) is 2.45. The lowest BCUT2D eigenvalue weighted by Crippen LogP contribution is -2.30. The molecular weight excluding hydrogens is 282 g/mol. The van der Waals surface area contributed by atoms with E-state index in [0.717, 1.165) is 0 Å². The molecule has 1 aromatic rings. The number of nitrogens with one attached hydrogen (secondary N) is 1. The van der Waals surface area contributed by atoms with Gasteiger partial charge in [-0.05, 0) is 18.2 Å². The number of ether oxygens (including phenoxy) is 2. The zero-order chi connectivity index (χ0) is 15.6. The highest BCUT2D eigenvalue weighted by Crippen LogP contribution is 2.40. The summed E-state index contributed by atoms with van der Waals surface area (Å²) >= 11 is 0. The highest BCUT2D eigenvalue weighted by Gasteiger charge is 2.41. The number of nitrogens with zero attached hydrogens (tertiary/aromatic N) is 2. The zero-order valence-electron chi connectivity index (χ0n) is 11.4. The number of fused-ring (bicyclic) bond motifs is 1. The first-order valence-electron chi connectivity index (χ1n) is 6.01. The largest absolute Gasteiger partial charge is 0.497 e. The molecule has 0 saturated carbocycles. The Bertz CT molecular complexity index is 627. The Morgan fingerprint density at radius 3 is 2.62 bits per heavy atom. The van der Waals surface area contributed by atoms with Crippen LogP contribution < -0.4 is 14.8 Å². The van der Waals surface area contributed by atoms with Gasteiger partial charge in [0.05, 0.1) is 12.0 Å². The van der Waals surface area contributed by atoms with Gasteiger partial charge < -0.3 is 14.8 Å². The van der Waals surface area contributed by atoms with Gasteiger partial charge >= 0.3 is 5.70 Å². The topological polar surface area (TPSA) is 117 Å². The maximum atomic E-state index is 11.3. The van der Waals surface area contributed by atoms with Crippen LogP contribution in [-0.2, 0) is 0 Å². The summed E-state index contributed by atoms with van der Waals surface area (Å²) in [6, 6.07) is 4.70. The molecule has 0 aromatic heterocycles. The first-order valence-corrected chi connectivity index (χ1v) is 6.01. The molecular formula is C12H13N3O6. The smallest absolute Gasteiger partial charge is 0.319 e. The fraction of sp³-hybridized carbons (Fsp3) is 0.333. The number of methoxy groups -OCH3 is 1. The van der Waals surface area contributed by atoms with E-state index >= 15 is 0 Å². The highest BCUT2D eigenvalue weighted by molar-refractivity contribution is 5.48. The number of rotatable bonds is 5. The second kappa shape index (κ2) is 5.65. The monoisotopic (exact) mass is 295 g/mol. The van der Waals surface area contributed by atoms with Crippen molar-refractivity contribution in [3.05, 3.63) is 55.6 Å². The molecule has 0 fully saturated rings. The third-order valence-corrected chi connectivity index (χ3v) is 3.12. The first-order chi connectivity index (χ1) is 9.97. The fourth-order valence-corrected chi connectivity index (χ4v) is 2.21. The fourth-order valence-electron chi connectivity index (χ4n) is 2.21. The molecule has 9 nitrogen and oxygen atoms in total. The quantitative estimate of drug-likeness (QED) is 0.638. The van der Waals surface area contributed by atoms with E-state index in [1.54, 1.807) is 12.1 Å². The van der Waals surface area contributed by atoms with E-state index in [0.29, 0.717) is 17.1 Å². The Kier molecular flexibility index (Phi) is 3.92. The number of benzene rings is 1. The lowest BCUT2D eigenvalue weighted by atomic mass is 9.93. The van der Waals surface area contributed by atoms with Gasteiger partial charge in [0.15, 0.2) is 0 Å². The third-order valence-electron chi connectivity index (χ3n) is 3.12. The van der Waals surface area contributed by atoms with Crippen LogP contribution in [0.2, 0.25) is 0 Å². The van der Waals surface area contributed by atoms with Gasteiger partial charge in [-0.1, -0.05) is 0 Å². The van der Waals surface area contributed by atoms with Crippen LogP contribution in [0.5, 0.6) is 11.5 Å². The number of hydrogen-bond donors (Lipinski definition) is 1. The van der Waals surface area contributed by atoms with Crippen molar-refractivity contribution in [1.29, 1.82) is 0 Å². The minimum absolute atomic E-state index is 0.0930. The summed E-state index contributed by atoms with van der Waals surface area (Å²) in [6.45, 7) is -0.606. The molecule has 1 atom stereocenters. The summed E-state index contributed by atoms with van der Waals surface area (Å²) in [7, 11) is 2.90. The standard InChI is InChI=1S/C12H13N3O6/c1-13-12-11(15(18)19)9(6-14(16)17)8-5-7(20-2)3-4-10(8)21-12/h3-5,9,13H,6H2,1-2H3. The molecule has 1 unspecified atom stereocenters. The van der Waals surface area contributed by atoms with Crippen LogP contribution in [0.3, 0.4) is 0 Å². The van der Waals surface area contributed by atoms with E-state index in [4.69, 9.17) is 9.47 Å². The summed E-state index contributed by atoms with van der Waals surface area (Å²) in [5.41, 5.74) is -0.00768. The van der Waals surface area contributed by atoms with Crippen LogP contribution in [0.4, 0.5) is 0 Å². The van der Waals surface area contributed by atoms with Crippen LogP contribution in [0.15, 0.2) is 29.8 Å². The number of hydrogen-bond acceptors (Lipinski definition) is 7. The second-order valence-electron chi connectivity index (χ2n) is 4.30. The molecule has 21 heavy (non-hydrogen) atoms. The molecule has 1 aromatic carbocycles. The summed E-state index contributed by atoms with van der Waals surface area (Å²) in [5, 5.41) is 24.7. The van der Waals surface area contributed by atoms with E-state index < -0.39 is 22.3 Å². The predicted molar refractivity (Wildman–Crippen MR) is 71.3 cm³/mol. The van der Waals surface area contributed by atoms with Crippen LogP contribution in [0, 0.1) is 20.2 Å². The molecule has 1 heterocycles. The van der Waals surface area contributed by atoms with E-state index in [-0.39, 0.29) is 11.6 Å². The van der Waals surface area contributed by atoms with Crippen LogP contribution in [0.25, 0.3) is 0 Å². The number of nitro groups is 2. The summed E-state index contributed by atoms with van der Waals surface area (Å²) < 4.78 is 10.5. The van der Waals surface area contributed by atoms with Crippen molar-refractivity contribution >= 4 is 0 Å². The Labute approximate surface area is 119 Å². The molecule has 9 heteroatoms. The lowest BCUT2D eigenvalue weighted by Gasteiger charge is -2.23. The molecule has 1 N–H and O–H groups in total. The molecule has 0 spiro atoms. The highest BCUT2D eigenvalue weighted by atomic mass is 16.6. The molecule has 0 amide bonds. The SMILES string of the molecule is CNC1=C([N+](=O)[O-])C(C[N+](=O)[O-])c2cc(OC)ccc2O1. The van der Waals surface area contributed by atoms with Crippen molar-refractivity contribution in [2.24, 2.45) is 0 Å². The summed E-state index contributed by atoms with van der Waals surface area (Å²) in [6.07, 6.45) is 0. The summed E-state index contributed by atoms with van der Waals surface area (Å²) in [4.78, 5) is 20.9. The molecule has 1 aliphatic heterocycles. The minimum Gasteiger partial charge on any atom is -0.497 e. The van der Waals surface area contributed by atoms with E-state index in [2.05, 4.69) is 5.32 Å². The molecule has 1 aliphatic rings. The molecule has 0 bridgehead atoms. The van der Waals surface area contributed by atoms with Gasteiger partial charge in [-0.2, -0.15) is 0 Å². The van der Waals surface area contributed by atoms with Gasteiger partial charge in [-0.25, -0.2) is 0 Å². The van der Waals surface area contributed by atoms with Crippen LogP contribution >= 0.6 is 0 Å². The second-order valence-corrected chi connectivity index (χ2v) is 4.30. The van der Waals surface area contributed by atoms with Crippen molar-refractivity contribution in [2.45, 2.75) is 5.92 Å². The van der Waals surface area contributed by atoms with E-state index in [9.17, 15) is 20.2 Å². The zero-order valence-corrected chi connectivity index (χ0v) is 11.4. The van der Waals surface area contributed by atoms with Crippen LogP contribution in [-0.4, -0.2) is 30.5 Å². The Morgan fingerprint density at radius 2 is 2.10 bits per heavy atom. The van der Waals surface area contributed by atoms with Crippen molar-refractivity contribution in [3.63, 3.8) is 0 Å². The first kappa shape index (κ1) is 14.6. The van der Waals surface area contributed by atoms with Gasteiger partial charge in [-0.15, -0.1) is 0 Å². The van der Waals surface area contributed by atoms with Crippen molar-refractivity contribution in [3.8, 4) is 11.5 Å². The van der Waals surface area contributed by atoms with Crippen molar-refractivity contribution < 1.29 is 19.3 Å². The molecule has 2 rings (SSSR count). The normalized spacial score (nSPS) is 16.8. The third kappa shape index (κ3) is 2.71. The van der Waals surface area contributed by atoms with Crippen molar-refractivity contribution in [1.82, 2.24) is 5.32 Å². The molecule has 0 saturated heterocycles. The molecule has 0 radical (unpaired) electrons. The average molecular weight is 295 g/mol. The van der Waals surface area contributed by atoms with E-state index in [1.165, 1.54) is 20.2 Å². The Hall–Kier alpha value is -2.84. The summed E-state index contributed by atoms with van der Waals surface area (Å²) in [5.74, 6) is -0.334. The van der Waals surface area contributed by atoms with E-state index in [1.807, 2.05) is 0 Å². The van der Waals surface area contributed by atoms with Crippen molar-refractivity contribution in [2.75, 3.05) is 20.7 Å². The van der Waals surface area contributed by atoms with Gasteiger partial charge in [-0.3, -0.25) is 20.2 Å². The van der Waals surface area contributed by atoms with Crippen LogP contribution in [0.1, 0.15) is 11.5 Å². The van der Waals surface area contributed by atoms with Gasteiger partial charge in [0.25, 0.3) is 5.88 Å². The minimum atomic E-state index is -1.02. The van der Waals surface area contributed by atoms with Gasteiger partial charge in [0.1, 0.15) is 17.4 Å². The predicted octanol–water partition coefficient (Wildman–Crippen LogP) is 1.11. The van der Waals surface area contributed by atoms with Gasteiger partial charge in [0.2, 0.25) is 6.54 Å². The molecule has 112 valence electrons. The Balaban J connectivity index is 2.60. The lowest BCUT2D eigenvalue weighted by molar-refractivity contribution is -0.495.